The Bertz CT molecular complexity index is 1160. The zero-order chi connectivity index (χ0) is 22.3. The van der Waals surface area contributed by atoms with E-state index < -0.39 is 21.8 Å². The molecule has 0 heterocycles. The number of anilines is 2. The molecule has 4 N–H and O–H groups in total. The summed E-state index contributed by atoms with van der Waals surface area (Å²) in [6.07, 6.45) is 0. The van der Waals surface area contributed by atoms with Gasteiger partial charge in [-0.1, -0.05) is 42.0 Å². The first-order valence-corrected chi connectivity index (χ1v) is 10.9. The van der Waals surface area contributed by atoms with Crippen LogP contribution in [0.25, 0.3) is 0 Å². The number of rotatable bonds is 7. The molecule has 0 spiro atoms. The average molecular weight is 439 g/mol. The number of carbonyl (C=O) groups is 2. The molecule has 160 valence electrons. The molecule has 0 saturated heterocycles. The molecule has 3 rings (SSSR count). The SMILES string of the molecule is Cc1ccc(NCC(=O)NNC(=O)c2cccc(NS(=O)(=O)c3ccccc3)c2)cc1. The lowest BCUT2D eigenvalue weighted by Gasteiger charge is -2.11. The number of nitrogens with one attached hydrogen (secondary N) is 4. The monoisotopic (exact) mass is 438 g/mol. The lowest BCUT2D eigenvalue weighted by Crippen LogP contribution is -2.44. The second kappa shape index (κ2) is 9.77. The fourth-order valence-corrected chi connectivity index (χ4v) is 3.70. The third kappa shape index (κ3) is 6.31. The normalized spacial score (nSPS) is 10.7. The zero-order valence-electron chi connectivity index (χ0n) is 16.8. The molecule has 0 atom stereocenters. The van der Waals surface area contributed by atoms with Gasteiger partial charge in [-0.15, -0.1) is 0 Å². The van der Waals surface area contributed by atoms with E-state index in [1.807, 2.05) is 31.2 Å². The molecule has 0 radical (unpaired) electrons. The van der Waals surface area contributed by atoms with Crippen molar-refractivity contribution in [1.29, 1.82) is 0 Å². The second-order valence-corrected chi connectivity index (χ2v) is 8.40. The van der Waals surface area contributed by atoms with Gasteiger partial charge in [-0.2, -0.15) is 0 Å². The molecule has 0 saturated carbocycles. The summed E-state index contributed by atoms with van der Waals surface area (Å²) < 4.78 is 27.3. The minimum Gasteiger partial charge on any atom is -0.376 e. The third-order valence-corrected chi connectivity index (χ3v) is 5.65. The minimum atomic E-state index is -3.78. The number of hydrogen-bond donors (Lipinski definition) is 4. The van der Waals surface area contributed by atoms with E-state index in [-0.39, 0.29) is 22.7 Å². The summed E-state index contributed by atoms with van der Waals surface area (Å²) in [5.41, 5.74) is 6.92. The van der Waals surface area contributed by atoms with Crippen molar-refractivity contribution < 1.29 is 18.0 Å². The molecule has 0 aliphatic heterocycles. The van der Waals surface area contributed by atoms with Crippen LogP contribution in [0.15, 0.2) is 83.8 Å². The summed E-state index contributed by atoms with van der Waals surface area (Å²) in [4.78, 5) is 24.4. The smallest absolute Gasteiger partial charge is 0.269 e. The Morgan fingerprint density at radius 3 is 2.23 bits per heavy atom. The average Bonchev–Trinajstić information content (AvgIpc) is 2.77. The molecule has 9 heteroatoms. The van der Waals surface area contributed by atoms with Crippen LogP contribution in [-0.4, -0.2) is 26.8 Å². The van der Waals surface area contributed by atoms with Gasteiger partial charge in [0, 0.05) is 16.9 Å². The molecule has 0 aromatic heterocycles. The Morgan fingerprint density at radius 2 is 1.52 bits per heavy atom. The first kappa shape index (κ1) is 21.8. The number of hydrogen-bond acceptors (Lipinski definition) is 5. The Morgan fingerprint density at radius 1 is 0.806 bits per heavy atom. The number of sulfonamides is 1. The van der Waals surface area contributed by atoms with Gasteiger partial charge in [-0.25, -0.2) is 8.42 Å². The van der Waals surface area contributed by atoms with E-state index in [4.69, 9.17) is 0 Å². The van der Waals surface area contributed by atoms with E-state index in [0.717, 1.165) is 11.3 Å². The van der Waals surface area contributed by atoms with Gasteiger partial charge in [-0.05, 0) is 49.4 Å². The molecule has 2 amide bonds. The molecule has 0 aliphatic rings. The summed E-state index contributed by atoms with van der Waals surface area (Å²) in [5.74, 6) is -1.01. The van der Waals surface area contributed by atoms with Crippen LogP contribution in [0.3, 0.4) is 0 Å². The highest BCUT2D eigenvalue weighted by atomic mass is 32.2. The Balaban J connectivity index is 1.55. The first-order chi connectivity index (χ1) is 14.8. The van der Waals surface area contributed by atoms with E-state index in [1.54, 1.807) is 24.3 Å². The number of hydrazine groups is 1. The van der Waals surface area contributed by atoms with Crippen molar-refractivity contribution in [1.82, 2.24) is 10.9 Å². The van der Waals surface area contributed by atoms with E-state index >= 15 is 0 Å². The molecule has 0 aliphatic carbocycles. The fourth-order valence-electron chi connectivity index (χ4n) is 2.63. The van der Waals surface area contributed by atoms with Crippen LogP contribution in [0.1, 0.15) is 15.9 Å². The highest BCUT2D eigenvalue weighted by molar-refractivity contribution is 7.92. The van der Waals surface area contributed by atoms with E-state index in [2.05, 4.69) is 20.9 Å². The van der Waals surface area contributed by atoms with Gasteiger partial charge in [0.25, 0.3) is 21.8 Å². The molecule has 3 aromatic carbocycles. The molecule has 0 unspecified atom stereocenters. The minimum absolute atomic E-state index is 0.0275. The summed E-state index contributed by atoms with van der Waals surface area (Å²) in [7, 11) is -3.78. The summed E-state index contributed by atoms with van der Waals surface area (Å²) >= 11 is 0. The molecule has 31 heavy (non-hydrogen) atoms. The van der Waals surface area contributed by atoms with Crippen LogP contribution in [0, 0.1) is 6.92 Å². The Kier molecular flexibility index (Phi) is 6.88. The number of amides is 2. The molecular weight excluding hydrogens is 416 g/mol. The maximum Gasteiger partial charge on any atom is 0.269 e. The maximum absolute atomic E-state index is 12.4. The van der Waals surface area contributed by atoms with E-state index in [9.17, 15) is 18.0 Å². The van der Waals surface area contributed by atoms with Crippen molar-refractivity contribution in [3.63, 3.8) is 0 Å². The highest BCUT2D eigenvalue weighted by Gasteiger charge is 2.15. The van der Waals surface area contributed by atoms with Crippen LogP contribution in [0.2, 0.25) is 0 Å². The van der Waals surface area contributed by atoms with Crippen LogP contribution in [0.5, 0.6) is 0 Å². The van der Waals surface area contributed by atoms with Gasteiger partial charge in [0.05, 0.1) is 11.4 Å². The molecule has 0 bridgehead atoms. The van der Waals surface area contributed by atoms with E-state index in [1.165, 1.54) is 30.3 Å². The van der Waals surface area contributed by atoms with Crippen molar-refractivity contribution in [2.45, 2.75) is 11.8 Å². The number of aryl methyl sites for hydroxylation is 1. The Labute approximate surface area is 180 Å². The van der Waals surface area contributed by atoms with E-state index in [0.29, 0.717) is 0 Å². The summed E-state index contributed by atoms with van der Waals surface area (Å²) in [5, 5.41) is 2.95. The van der Waals surface area contributed by atoms with Crippen molar-refractivity contribution in [3.05, 3.63) is 90.0 Å². The van der Waals surface area contributed by atoms with Gasteiger partial charge in [0.2, 0.25) is 0 Å². The summed E-state index contributed by atoms with van der Waals surface area (Å²) in [6, 6.07) is 21.4. The largest absolute Gasteiger partial charge is 0.376 e. The molecule has 0 fully saturated rings. The quantitative estimate of drug-likeness (QED) is 0.423. The maximum atomic E-state index is 12.4. The zero-order valence-corrected chi connectivity index (χ0v) is 17.6. The molecular formula is C22H22N4O4S. The van der Waals surface area contributed by atoms with Crippen molar-refractivity contribution in [2.24, 2.45) is 0 Å². The highest BCUT2D eigenvalue weighted by Crippen LogP contribution is 2.17. The molecule has 3 aromatic rings. The Hall–Kier alpha value is -3.85. The lowest BCUT2D eigenvalue weighted by molar-refractivity contribution is -0.120. The van der Waals surface area contributed by atoms with Gasteiger partial charge in [0.15, 0.2) is 0 Å². The summed E-state index contributed by atoms with van der Waals surface area (Å²) in [6.45, 7) is 1.94. The van der Waals surface area contributed by atoms with Gasteiger partial charge < -0.3 is 5.32 Å². The van der Waals surface area contributed by atoms with Crippen molar-refractivity contribution in [3.8, 4) is 0 Å². The van der Waals surface area contributed by atoms with Crippen molar-refractivity contribution >= 4 is 33.2 Å². The van der Waals surface area contributed by atoms with Crippen LogP contribution in [0.4, 0.5) is 11.4 Å². The standard InChI is InChI=1S/C22H22N4O4S/c1-16-10-12-18(13-11-16)23-15-21(27)24-25-22(28)17-6-5-7-19(14-17)26-31(29,30)20-8-3-2-4-9-20/h2-14,23,26H,15H2,1H3,(H,24,27)(H,25,28). The van der Waals surface area contributed by atoms with Gasteiger partial charge >= 0.3 is 0 Å². The number of carbonyl (C=O) groups excluding carboxylic acids is 2. The van der Waals surface area contributed by atoms with Crippen LogP contribution < -0.4 is 20.9 Å². The predicted octanol–water partition coefficient (Wildman–Crippen LogP) is 2.67. The van der Waals surface area contributed by atoms with Crippen LogP contribution in [-0.2, 0) is 14.8 Å². The van der Waals surface area contributed by atoms with Crippen molar-refractivity contribution in [2.75, 3.05) is 16.6 Å². The predicted molar refractivity (Wildman–Crippen MR) is 119 cm³/mol. The fraction of sp³-hybridized carbons (Fsp3) is 0.0909. The van der Waals surface area contributed by atoms with Crippen LogP contribution >= 0.6 is 0 Å². The van der Waals surface area contributed by atoms with Gasteiger partial charge in [-0.3, -0.25) is 25.2 Å². The number of benzene rings is 3. The first-order valence-electron chi connectivity index (χ1n) is 9.41. The van der Waals surface area contributed by atoms with Gasteiger partial charge in [0.1, 0.15) is 0 Å². The topological polar surface area (TPSA) is 116 Å². The molecule has 8 nitrogen and oxygen atoms in total. The third-order valence-electron chi connectivity index (χ3n) is 4.25. The lowest BCUT2D eigenvalue weighted by atomic mass is 10.2. The second-order valence-electron chi connectivity index (χ2n) is 6.72.